The average Bonchev–Trinajstić information content (AvgIpc) is 2.45. The van der Waals surface area contributed by atoms with Gasteiger partial charge in [0.2, 0.25) is 0 Å². The molecule has 2 rings (SSSR count). The summed E-state index contributed by atoms with van der Waals surface area (Å²) in [5.41, 5.74) is 2.46. The van der Waals surface area contributed by atoms with Crippen molar-refractivity contribution in [1.82, 2.24) is 5.32 Å². The summed E-state index contributed by atoms with van der Waals surface area (Å²) in [6.07, 6.45) is 1.14. The van der Waals surface area contributed by atoms with Gasteiger partial charge in [-0.15, -0.1) is 0 Å². The van der Waals surface area contributed by atoms with E-state index in [1.165, 1.54) is 11.1 Å². The van der Waals surface area contributed by atoms with Gasteiger partial charge in [-0.05, 0) is 62.2 Å². The van der Waals surface area contributed by atoms with Crippen molar-refractivity contribution in [3.05, 3.63) is 59.7 Å². The molecule has 2 heteroatoms. The van der Waals surface area contributed by atoms with E-state index in [0.717, 1.165) is 24.5 Å². The summed E-state index contributed by atoms with van der Waals surface area (Å²) in [5, 5.41) is 3.49. The maximum Gasteiger partial charge on any atom is 0.127 e. The fourth-order valence-corrected chi connectivity index (χ4v) is 2.14. The Morgan fingerprint density at radius 3 is 2.45 bits per heavy atom. The van der Waals surface area contributed by atoms with Gasteiger partial charge in [0.15, 0.2) is 0 Å². The molecule has 1 atom stereocenters. The first-order valence-electron chi connectivity index (χ1n) is 7.27. The zero-order valence-corrected chi connectivity index (χ0v) is 12.5. The molecule has 0 aliphatic carbocycles. The van der Waals surface area contributed by atoms with Gasteiger partial charge >= 0.3 is 0 Å². The number of rotatable bonds is 6. The fourth-order valence-electron chi connectivity index (χ4n) is 2.14. The van der Waals surface area contributed by atoms with Crippen molar-refractivity contribution < 1.29 is 4.74 Å². The topological polar surface area (TPSA) is 21.3 Å². The van der Waals surface area contributed by atoms with E-state index < -0.39 is 0 Å². The molecule has 2 aromatic carbocycles. The highest BCUT2D eigenvalue weighted by Gasteiger charge is 2.06. The standard InChI is InChI=1S/C18H23NO/c1-4-11-19-15(3)16-8-6-10-18(13-16)20-17-9-5-7-14(2)12-17/h5-10,12-13,15,19H,4,11H2,1-3H3. The highest BCUT2D eigenvalue weighted by Crippen LogP contribution is 2.25. The van der Waals surface area contributed by atoms with E-state index in [-0.39, 0.29) is 0 Å². The van der Waals surface area contributed by atoms with Gasteiger partial charge in [0.25, 0.3) is 0 Å². The molecule has 2 aromatic rings. The summed E-state index contributed by atoms with van der Waals surface area (Å²) in [4.78, 5) is 0. The Kier molecular flexibility index (Phi) is 5.19. The van der Waals surface area contributed by atoms with Gasteiger partial charge in [-0.1, -0.05) is 31.2 Å². The number of nitrogens with one attached hydrogen (secondary N) is 1. The van der Waals surface area contributed by atoms with Gasteiger partial charge in [-0.2, -0.15) is 0 Å². The van der Waals surface area contributed by atoms with E-state index >= 15 is 0 Å². The van der Waals surface area contributed by atoms with Crippen molar-refractivity contribution in [3.63, 3.8) is 0 Å². The zero-order valence-electron chi connectivity index (χ0n) is 12.5. The van der Waals surface area contributed by atoms with Crippen molar-refractivity contribution in [1.29, 1.82) is 0 Å². The lowest BCUT2D eigenvalue weighted by atomic mass is 10.1. The van der Waals surface area contributed by atoms with Crippen molar-refractivity contribution in [2.45, 2.75) is 33.2 Å². The van der Waals surface area contributed by atoms with Crippen molar-refractivity contribution in [3.8, 4) is 11.5 Å². The minimum absolute atomic E-state index is 0.344. The lowest BCUT2D eigenvalue weighted by molar-refractivity contribution is 0.479. The van der Waals surface area contributed by atoms with E-state index in [1.54, 1.807) is 0 Å². The molecule has 0 aliphatic heterocycles. The fraction of sp³-hybridized carbons (Fsp3) is 0.333. The maximum atomic E-state index is 5.93. The van der Waals surface area contributed by atoms with E-state index in [1.807, 2.05) is 30.3 Å². The van der Waals surface area contributed by atoms with Crippen LogP contribution >= 0.6 is 0 Å². The molecule has 1 unspecified atom stereocenters. The molecule has 0 aromatic heterocycles. The Bertz CT molecular complexity index is 551. The Labute approximate surface area is 121 Å². The van der Waals surface area contributed by atoms with Crippen LogP contribution in [0.2, 0.25) is 0 Å². The van der Waals surface area contributed by atoms with Crippen LogP contribution in [0.5, 0.6) is 11.5 Å². The van der Waals surface area contributed by atoms with Crippen molar-refractivity contribution in [2.75, 3.05) is 6.54 Å². The first-order chi connectivity index (χ1) is 9.69. The highest BCUT2D eigenvalue weighted by atomic mass is 16.5. The molecule has 2 nitrogen and oxygen atoms in total. The summed E-state index contributed by atoms with van der Waals surface area (Å²) in [6, 6.07) is 16.7. The largest absolute Gasteiger partial charge is 0.457 e. The predicted octanol–water partition coefficient (Wildman–Crippen LogP) is 4.85. The number of benzene rings is 2. The van der Waals surface area contributed by atoms with Crippen LogP contribution < -0.4 is 10.1 Å². The van der Waals surface area contributed by atoms with Crippen LogP contribution in [-0.2, 0) is 0 Å². The average molecular weight is 269 g/mol. The Balaban J connectivity index is 2.09. The number of hydrogen-bond donors (Lipinski definition) is 1. The molecule has 0 bridgehead atoms. The Hall–Kier alpha value is -1.80. The predicted molar refractivity (Wildman–Crippen MR) is 84.4 cm³/mol. The number of ether oxygens (including phenoxy) is 1. The van der Waals surface area contributed by atoms with Crippen LogP contribution in [-0.4, -0.2) is 6.54 Å². The summed E-state index contributed by atoms with van der Waals surface area (Å²) >= 11 is 0. The number of aryl methyl sites for hydroxylation is 1. The van der Waals surface area contributed by atoms with E-state index in [0.29, 0.717) is 6.04 Å². The van der Waals surface area contributed by atoms with Gasteiger partial charge in [0.1, 0.15) is 11.5 Å². The molecule has 0 aliphatic rings. The molecule has 106 valence electrons. The Morgan fingerprint density at radius 1 is 1.05 bits per heavy atom. The molecule has 0 saturated heterocycles. The highest BCUT2D eigenvalue weighted by molar-refractivity contribution is 5.36. The van der Waals surface area contributed by atoms with E-state index in [2.05, 4.69) is 44.3 Å². The van der Waals surface area contributed by atoms with Crippen LogP contribution in [0.1, 0.15) is 37.4 Å². The molecule has 0 fully saturated rings. The van der Waals surface area contributed by atoms with Crippen LogP contribution in [0.25, 0.3) is 0 Å². The molecule has 0 radical (unpaired) electrons. The number of hydrogen-bond acceptors (Lipinski definition) is 2. The van der Waals surface area contributed by atoms with Gasteiger partial charge in [0, 0.05) is 6.04 Å². The maximum absolute atomic E-state index is 5.93. The van der Waals surface area contributed by atoms with E-state index in [9.17, 15) is 0 Å². The lowest BCUT2D eigenvalue weighted by Crippen LogP contribution is -2.19. The minimum Gasteiger partial charge on any atom is -0.457 e. The third-order valence-corrected chi connectivity index (χ3v) is 3.28. The van der Waals surface area contributed by atoms with Gasteiger partial charge < -0.3 is 10.1 Å². The third-order valence-electron chi connectivity index (χ3n) is 3.28. The second-order valence-corrected chi connectivity index (χ2v) is 5.17. The quantitative estimate of drug-likeness (QED) is 0.809. The van der Waals surface area contributed by atoms with Crippen LogP contribution in [0.15, 0.2) is 48.5 Å². The smallest absolute Gasteiger partial charge is 0.127 e. The van der Waals surface area contributed by atoms with Gasteiger partial charge in [-0.25, -0.2) is 0 Å². The summed E-state index contributed by atoms with van der Waals surface area (Å²) < 4.78 is 5.93. The molecular formula is C18H23NO. The van der Waals surface area contributed by atoms with Crippen molar-refractivity contribution >= 4 is 0 Å². The summed E-state index contributed by atoms with van der Waals surface area (Å²) in [6.45, 7) is 7.46. The molecule has 0 spiro atoms. The van der Waals surface area contributed by atoms with Crippen LogP contribution in [0.4, 0.5) is 0 Å². The molecular weight excluding hydrogens is 246 g/mol. The monoisotopic (exact) mass is 269 g/mol. The molecule has 20 heavy (non-hydrogen) atoms. The normalized spacial score (nSPS) is 12.2. The molecule has 0 heterocycles. The minimum atomic E-state index is 0.344. The van der Waals surface area contributed by atoms with Gasteiger partial charge in [-0.3, -0.25) is 0 Å². The lowest BCUT2D eigenvalue weighted by Gasteiger charge is -2.15. The Morgan fingerprint density at radius 2 is 1.75 bits per heavy atom. The van der Waals surface area contributed by atoms with Crippen LogP contribution in [0, 0.1) is 6.92 Å². The second-order valence-electron chi connectivity index (χ2n) is 5.17. The third kappa shape index (κ3) is 4.10. The molecule has 0 amide bonds. The van der Waals surface area contributed by atoms with E-state index in [4.69, 9.17) is 4.74 Å². The molecule has 1 N–H and O–H groups in total. The summed E-state index contributed by atoms with van der Waals surface area (Å²) in [7, 11) is 0. The molecule has 0 saturated carbocycles. The second kappa shape index (κ2) is 7.11. The first kappa shape index (κ1) is 14.6. The van der Waals surface area contributed by atoms with Crippen LogP contribution in [0.3, 0.4) is 0 Å². The SMILES string of the molecule is CCCNC(C)c1cccc(Oc2cccc(C)c2)c1. The first-order valence-corrected chi connectivity index (χ1v) is 7.27. The summed E-state index contributed by atoms with van der Waals surface area (Å²) in [5.74, 6) is 1.77. The van der Waals surface area contributed by atoms with Crippen molar-refractivity contribution in [2.24, 2.45) is 0 Å². The van der Waals surface area contributed by atoms with Gasteiger partial charge in [0.05, 0.1) is 0 Å². The zero-order chi connectivity index (χ0) is 14.4.